The van der Waals surface area contributed by atoms with E-state index in [9.17, 15) is 0 Å². The van der Waals surface area contributed by atoms with Gasteiger partial charge in [-0.3, -0.25) is 0 Å². The molecule has 0 saturated heterocycles. The Balaban J connectivity index is 0.000000980. The van der Waals surface area contributed by atoms with Gasteiger partial charge in [0.25, 0.3) is 0 Å². The van der Waals surface area contributed by atoms with Crippen molar-refractivity contribution in [3.05, 3.63) is 33.4 Å². The summed E-state index contributed by atoms with van der Waals surface area (Å²) in [5.74, 6) is 0.734. The predicted octanol–water partition coefficient (Wildman–Crippen LogP) is 3.51. The number of halogens is 2. The van der Waals surface area contributed by atoms with Crippen LogP contribution in [-0.2, 0) is 0 Å². The molecule has 0 heterocycles. The van der Waals surface area contributed by atoms with Gasteiger partial charge in [-0.1, -0.05) is 18.6 Å². The fourth-order valence-electron chi connectivity index (χ4n) is 1.79. The number of hydrogen-bond acceptors (Lipinski definition) is 1. The fraction of sp³-hybridized carbons (Fsp3) is 0.455. The lowest BCUT2D eigenvalue weighted by Crippen LogP contribution is -2.26. The minimum atomic E-state index is 0. The van der Waals surface area contributed by atoms with Gasteiger partial charge in [-0.2, -0.15) is 0 Å². The molecule has 78 valence electrons. The van der Waals surface area contributed by atoms with E-state index in [1.807, 2.05) is 0 Å². The van der Waals surface area contributed by atoms with Gasteiger partial charge in [0.05, 0.1) is 0 Å². The molecule has 0 aromatic heterocycles. The maximum atomic E-state index is 6.17. The van der Waals surface area contributed by atoms with Crippen LogP contribution in [0, 0.1) is 9.49 Å². The van der Waals surface area contributed by atoms with Gasteiger partial charge in [-0.25, -0.2) is 0 Å². The Morgan fingerprint density at radius 1 is 1.36 bits per heavy atom. The van der Waals surface area contributed by atoms with Crippen molar-refractivity contribution in [2.24, 2.45) is 11.7 Å². The van der Waals surface area contributed by atoms with Gasteiger partial charge in [-0.15, -0.1) is 12.4 Å². The molecule has 1 fully saturated rings. The normalized spacial score (nSPS) is 18.1. The van der Waals surface area contributed by atoms with E-state index in [0.29, 0.717) is 0 Å². The van der Waals surface area contributed by atoms with E-state index in [1.165, 1.54) is 28.4 Å². The molecule has 0 bridgehead atoms. The highest BCUT2D eigenvalue weighted by atomic mass is 127. The van der Waals surface area contributed by atoms with Crippen LogP contribution in [-0.4, -0.2) is 0 Å². The van der Waals surface area contributed by atoms with Crippen molar-refractivity contribution < 1.29 is 0 Å². The molecule has 2 rings (SSSR count). The smallest absolute Gasteiger partial charge is 0.0323 e. The second kappa shape index (κ2) is 5.33. The Morgan fingerprint density at radius 2 is 2.07 bits per heavy atom. The zero-order valence-electron chi connectivity index (χ0n) is 7.95. The molecular weight excluding hydrogens is 308 g/mol. The van der Waals surface area contributed by atoms with Crippen LogP contribution in [0.15, 0.2) is 24.3 Å². The molecule has 1 atom stereocenters. The van der Waals surface area contributed by atoms with Crippen LogP contribution in [0.1, 0.15) is 30.9 Å². The molecule has 1 aromatic carbocycles. The van der Waals surface area contributed by atoms with E-state index in [-0.39, 0.29) is 18.4 Å². The number of rotatable bonds is 2. The Morgan fingerprint density at radius 3 is 2.57 bits per heavy atom. The van der Waals surface area contributed by atoms with E-state index < -0.39 is 0 Å². The van der Waals surface area contributed by atoms with Gasteiger partial charge in [0.15, 0.2) is 0 Å². The van der Waals surface area contributed by atoms with Gasteiger partial charge < -0.3 is 5.73 Å². The molecule has 0 spiro atoms. The van der Waals surface area contributed by atoms with E-state index in [2.05, 4.69) is 46.9 Å². The first kappa shape index (κ1) is 12.3. The van der Waals surface area contributed by atoms with Crippen LogP contribution in [0.5, 0.6) is 0 Å². The molecular formula is C11H15ClIN. The highest BCUT2D eigenvalue weighted by molar-refractivity contribution is 14.1. The zero-order chi connectivity index (χ0) is 9.26. The topological polar surface area (TPSA) is 26.0 Å². The minimum absolute atomic E-state index is 0. The van der Waals surface area contributed by atoms with Crippen molar-refractivity contribution >= 4 is 35.0 Å². The Bertz CT molecular complexity index is 299. The van der Waals surface area contributed by atoms with E-state index >= 15 is 0 Å². The quantitative estimate of drug-likeness (QED) is 0.828. The molecule has 0 amide bonds. The average Bonchev–Trinajstić information content (AvgIpc) is 2.01. The molecule has 1 aromatic rings. The Hall–Kier alpha value is 0.200. The van der Waals surface area contributed by atoms with Crippen molar-refractivity contribution in [2.75, 3.05) is 0 Å². The molecule has 0 unspecified atom stereocenters. The highest BCUT2D eigenvalue weighted by Crippen LogP contribution is 2.36. The summed E-state index contributed by atoms with van der Waals surface area (Å²) in [4.78, 5) is 0. The lowest BCUT2D eigenvalue weighted by Gasteiger charge is -2.31. The summed E-state index contributed by atoms with van der Waals surface area (Å²) in [6.45, 7) is 0. The maximum Gasteiger partial charge on any atom is 0.0323 e. The lowest BCUT2D eigenvalue weighted by atomic mass is 9.78. The molecule has 0 aliphatic heterocycles. The van der Waals surface area contributed by atoms with Gasteiger partial charge >= 0.3 is 0 Å². The monoisotopic (exact) mass is 323 g/mol. The van der Waals surface area contributed by atoms with E-state index in [0.717, 1.165) is 5.92 Å². The molecule has 1 aliphatic carbocycles. The van der Waals surface area contributed by atoms with Crippen LogP contribution in [0.25, 0.3) is 0 Å². The third-order valence-electron chi connectivity index (χ3n) is 2.89. The zero-order valence-corrected chi connectivity index (χ0v) is 10.9. The SMILES string of the molecule is Cl.N[C@@H](c1cccc(I)c1)C1CCC1. The standard InChI is InChI=1S/C11H14IN.ClH/c12-10-6-2-5-9(7-10)11(13)8-3-1-4-8;/h2,5-8,11H,1,3-4,13H2;1H/t11-;/m1./s1. The first-order valence-electron chi connectivity index (χ1n) is 4.78. The molecule has 3 heteroatoms. The van der Waals surface area contributed by atoms with Crippen LogP contribution < -0.4 is 5.73 Å². The van der Waals surface area contributed by atoms with Crippen LogP contribution in [0.3, 0.4) is 0 Å². The summed E-state index contributed by atoms with van der Waals surface area (Å²) < 4.78 is 1.28. The molecule has 0 radical (unpaired) electrons. The molecule has 2 N–H and O–H groups in total. The summed E-state index contributed by atoms with van der Waals surface area (Å²) in [5, 5.41) is 0. The second-order valence-corrected chi connectivity index (χ2v) is 5.02. The third-order valence-corrected chi connectivity index (χ3v) is 3.56. The minimum Gasteiger partial charge on any atom is -0.324 e. The van der Waals surface area contributed by atoms with Crippen molar-refractivity contribution in [3.8, 4) is 0 Å². The van der Waals surface area contributed by atoms with Gasteiger partial charge in [0.2, 0.25) is 0 Å². The number of hydrogen-bond donors (Lipinski definition) is 1. The van der Waals surface area contributed by atoms with Crippen LogP contribution in [0.2, 0.25) is 0 Å². The van der Waals surface area contributed by atoms with Gasteiger partial charge in [-0.05, 0) is 59.0 Å². The summed E-state index contributed by atoms with van der Waals surface area (Å²) in [5.41, 5.74) is 7.47. The first-order chi connectivity index (χ1) is 6.27. The summed E-state index contributed by atoms with van der Waals surface area (Å²) >= 11 is 2.34. The second-order valence-electron chi connectivity index (χ2n) is 3.77. The van der Waals surface area contributed by atoms with Gasteiger partial charge in [0.1, 0.15) is 0 Å². The van der Waals surface area contributed by atoms with Crippen LogP contribution >= 0.6 is 35.0 Å². The first-order valence-corrected chi connectivity index (χ1v) is 5.86. The summed E-state index contributed by atoms with van der Waals surface area (Å²) in [6.07, 6.45) is 3.99. The average molecular weight is 324 g/mol. The lowest BCUT2D eigenvalue weighted by molar-refractivity contribution is 0.264. The Labute approximate surface area is 105 Å². The summed E-state index contributed by atoms with van der Waals surface area (Å²) in [7, 11) is 0. The number of nitrogens with two attached hydrogens (primary N) is 1. The fourth-order valence-corrected chi connectivity index (χ4v) is 2.35. The summed E-state index contributed by atoms with van der Waals surface area (Å²) in [6, 6.07) is 8.81. The van der Waals surface area contributed by atoms with Crippen molar-refractivity contribution in [2.45, 2.75) is 25.3 Å². The number of benzene rings is 1. The molecule has 1 nitrogen and oxygen atoms in total. The third kappa shape index (κ3) is 2.61. The van der Waals surface area contributed by atoms with E-state index in [1.54, 1.807) is 0 Å². The highest BCUT2D eigenvalue weighted by Gasteiger charge is 2.25. The molecule has 1 aliphatic rings. The molecule has 1 saturated carbocycles. The van der Waals surface area contributed by atoms with Gasteiger partial charge in [0, 0.05) is 9.61 Å². The largest absolute Gasteiger partial charge is 0.324 e. The van der Waals surface area contributed by atoms with Crippen molar-refractivity contribution in [1.29, 1.82) is 0 Å². The molecule has 14 heavy (non-hydrogen) atoms. The van der Waals surface area contributed by atoms with Crippen molar-refractivity contribution in [3.63, 3.8) is 0 Å². The van der Waals surface area contributed by atoms with Crippen LogP contribution in [0.4, 0.5) is 0 Å². The predicted molar refractivity (Wildman–Crippen MR) is 70.7 cm³/mol. The van der Waals surface area contributed by atoms with E-state index in [4.69, 9.17) is 5.73 Å². The van der Waals surface area contributed by atoms with Crippen molar-refractivity contribution in [1.82, 2.24) is 0 Å². The maximum absolute atomic E-state index is 6.17. The Kier molecular flexibility index (Phi) is 4.67.